The van der Waals surface area contributed by atoms with Crippen LogP contribution in [0.25, 0.3) is 0 Å². The Balaban J connectivity index is 1.99. The molecule has 1 aliphatic rings. The molecule has 1 aliphatic heterocycles. The normalized spacial score (nSPS) is 19.8. The van der Waals surface area contributed by atoms with E-state index < -0.39 is 35.5 Å². The maximum Gasteiger partial charge on any atom is 0.440 e. The molecule has 140 valence electrons. The van der Waals surface area contributed by atoms with E-state index in [1.54, 1.807) is 6.07 Å². The van der Waals surface area contributed by atoms with Crippen LogP contribution in [0.3, 0.4) is 0 Å². The molecule has 3 rings (SSSR count). The number of nitrogens with one attached hydrogen (secondary N) is 2. The quantitative estimate of drug-likeness (QED) is 0.634. The molecule has 4 amide bonds. The van der Waals surface area contributed by atoms with E-state index in [1.807, 2.05) is 0 Å². The molecule has 0 unspecified atom stereocenters. The number of carbonyl (C=O) groups is 3. The Hall–Kier alpha value is -3.43. The van der Waals surface area contributed by atoms with E-state index >= 15 is 0 Å². The van der Waals surface area contributed by atoms with E-state index in [-0.39, 0.29) is 11.3 Å². The van der Waals surface area contributed by atoms with Crippen molar-refractivity contribution in [1.82, 2.24) is 10.6 Å². The average molecular weight is 381 g/mol. The number of anilines is 1. The Bertz CT molecular complexity index is 900. The minimum absolute atomic E-state index is 0.0952. The number of alkyl halides is 3. The van der Waals surface area contributed by atoms with Crippen LogP contribution in [0.1, 0.15) is 10.4 Å². The van der Waals surface area contributed by atoms with Gasteiger partial charge in [-0.25, -0.2) is 14.1 Å². The summed E-state index contributed by atoms with van der Waals surface area (Å²) in [6.07, 6.45) is -5.33. The molecule has 0 spiro atoms. The lowest BCUT2D eigenvalue weighted by Gasteiger charge is -2.29. The fraction of sp³-hybridized carbons (Fsp3) is 0.118. The van der Waals surface area contributed by atoms with Crippen LogP contribution < -0.4 is 15.5 Å². The number of nitrogens with zero attached hydrogens (tertiary/aromatic N) is 1. The minimum atomic E-state index is -5.33. The smallest absolute Gasteiger partial charge is 0.314 e. The summed E-state index contributed by atoms with van der Waals surface area (Å²) in [5.74, 6) is -3.71. The van der Waals surface area contributed by atoms with Crippen LogP contribution in [-0.4, -0.2) is 29.7 Å². The molecular weight excluding hydrogens is 370 g/mol. The Labute approximate surface area is 149 Å². The number of benzene rings is 2. The lowest BCUT2D eigenvalue weighted by atomic mass is 10.1. The predicted molar refractivity (Wildman–Crippen MR) is 85.1 cm³/mol. The number of amides is 4. The first-order valence-corrected chi connectivity index (χ1v) is 7.52. The number of imide groups is 1. The first kappa shape index (κ1) is 18.4. The van der Waals surface area contributed by atoms with Crippen LogP contribution in [0.2, 0.25) is 0 Å². The molecule has 0 bridgehead atoms. The summed E-state index contributed by atoms with van der Waals surface area (Å²) in [5, 5.41) is 3.06. The van der Waals surface area contributed by atoms with Crippen molar-refractivity contribution in [3.63, 3.8) is 0 Å². The van der Waals surface area contributed by atoms with Gasteiger partial charge in [-0.3, -0.25) is 14.9 Å². The van der Waals surface area contributed by atoms with Crippen LogP contribution >= 0.6 is 0 Å². The summed E-state index contributed by atoms with van der Waals surface area (Å²) in [4.78, 5) is 37.2. The van der Waals surface area contributed by atoms with Crippen molar-refractivity contribution >= 4 is 23.5 Å². The second-order valence-electron chi connectivity index (χ2n) is 5.62. The summed E-state index contributed by atoms with van der Waals surface area (Å²) in [6.45, 7) is 0. The third kappa shape index (κ3) is 3.09. The fourth-order valence-electron chi connectivity index (χ4n) is 2.53. The van der Waals surface area contributed by atoms with Crippen molar-refractivity contribution in [2.75, 3.05) is 4.90 Å². The van der Waals surface area contributed by atoms with Crippen molar-refractivity contribution in [3.05, 3.63) is 66.0 Å². The highest BCUT2D eigenvalue weighted by Crippen LogP contribution is 2.35. The number of hydrogen-bond acceptors (Lipinski definition) is 3. The van der Waals surface area contributed by atoms with E-state index in [1.165, 1.54) is 34.9 Å². The molecule has 27 heavy (non-hydrogen) atoms. The molecular formula is C17H11F4N3O3. The standard InChI is InChI=1S/C17H11F4N3O3/c18-11-8-6-10(7-9-11)13(25)22-16(17(19,20)21)14(26)24(15(27)23-16)12-4-2-1-3-5-12/h1-9H,(H,22,25)(H,23,27)/t16-/m0/s1. The van der Waals surface area contributed by atoms with E-state index in [4.69, 9.17) is 0 Å². The Morgan fingerprint density at radius 3 is 2.15 bits per heavy atom. The zero-order chi connectivity index (χ0) is 19.8. The number of carbonyl (C=O) groups excluding carboxylic acids is 3. The van der Waals surface area contributed by atoms with Gasteiger partial charge in [0.15, 0.2) is 0 Å². The molecule has 2 aromatic rings. The SMILES string of the molecule is O=C(N[C@]1(C(F)(F)F)NC(=O)N(c2ccccc2)C1=O)c1ccc(F)cc1. The van der Waals surface area contributed by atoms with Gasteiger partial charge < -0.3 is 5.32 Å². The van der Waals surface area contributed by atoms with E-state index in [0.717, 1.165) is 24.3 Å². The Kier molecular flexibility index (Phi) is 4.34. The van der Waals surface area contributed by atoms with Gasteiger partial charge in [0.2, 0.25) is 0 Å². The monoisotopic (exact) mass is 381 g/mol. The second-order valence-corrected chi connectivity index (χ2v) is 5.62. The molecule has 10 heteroatoms. The molecule has 2 aromatic carbocycles. The topological polar surface area (TPSA) is 78.5 Å². The van der Waals surface area contributed by atoms with Gasteiger partial charge in [-0.05, 0) is 36.4 Å². The van der Waals surface area contributed by atoms with Crippen molar-refractivity contribution in [2.45, 2.75) is 11.8 Å². The summed E-state index contributed by atoms with van der Waals surface area (Å²) < 4.78 is 54.1. The number of para-hydroxylation sites is 1. The second kappa shape index (κ2) is 6.38. The molecule has 0 aliphatic carbocycles. The van der Waals surface area contributed by atoms with E-state index in [0.29, 0.717) is 4.90 Å². The molecule has 0 saturated carbocycles. The maximum atomic E-state index is 13.7. The van der Waals surface area contributed by atoms with Crippen LogP contribution in [0.5, 0.6) is 0 Å². The van der Waals surface area contributed by atoms with Gasteiger partial charge in [-0.15, -0.1) is 0 Å². The lowest BCUT2D eigenvalue weighted by Crippen LogP contribution is -2.69. The largest absolute Gasteiger partial charge is 0.440 e. The van der Waals surface area contributed by atoms with Crippen LogP contribution in [-0.2, 0) is 4.79 Å². The zero-order valence-corrected chi connectivity index (χ0v) is 13.4. The highest BCUT2D eigenvalue weighted by Gasteiger charge is 2.69. The Morgan fingerprint density at radius 1 is 1.00 bits per heavy atom. The highest BCUT2D eigenvalue weighted by molar-refractivity contribution is 6.24. The third-order valence-electron chi connectivity index (χ3n) is 3.87. The van der Waals surface area contributed by atoms with Crippen molar-refractivity contribution in [2.24, 2.45) is 0 Å². The van der Waals surface area contributed by atoms with Gasteiger partial charge in [0, 0.05) is 5.56 Å². The molecule has 0 radical (unpaired) electrons. The van der Waals surface area contributed by atoms with Crippen molar-refractivity contribution < 1.29 is 31.9 Å². The average Bonchev–Trinajstić information content (AvgIpc) is 2.87. The summed E-state index contributed by atoms with van der Waals surface area (Å²) in [6, 6.07) is 9.26. The first-order valence-electron chi connectivity index (χ1n) is 7.52. The van der Waals surface area contributed by atoms with Crippen molar-refractivity contribution in [3.8, 4) is 0 Å². The van der Waals surface area contributed by atoms with E-state index in [2.05, 4.69) is 0 Å². The summed E-state index contributed by atoms with van der Waals surface area (Å²) in [5.41, 5.74) is -4.06. The molecule has 0 aromatic heterocycles. The van der Waals surface area contributed by atoms with Gasteiger partial charge in [0.05, 0.1) is 5.69 Å². The van der Waals surface area contributed by atoms with E-state index in [9.17, 15) is 31.9 Å². The number of urea groups is 1. The van der Waals surface area contributed by atoms with Gasteiger partial charge in [-0.2, -0.15) is 13.2 Å². The van der Waals surface area contributed by atoms with Gasteiger partial charge in [0.25, 0.3) is 17.5 Å². The molecule has 1 heterocycles. The van der Waals surface area contributed by atoms with Gasteiger partial charge in [0.1, 0.15) is 5.82 Å². The highest BCUT2D eigenvalue weighted by atomic mass is 19.4. The number of hydrogen-bond donors (Lipinski definition) is 2. The minimum Gasteiger partial charge on any atom is -0.314 e. The van der Waals surface area contributed by atoms with Crippen LogP contribution in [0, 0.1) is 5.82 Å². The summed E-state index contributed by atoms with van der Waals surface area (Å²) >= 11 is 0. The lowest BCUT2D eigenvalue weighted by molar-refractivity contribution is -0.197. The van der Waals surface area contributed by atoms with Gasteiger partial charge >= 0.3 is 12.2 Å². The third-order valence-corrected chi connectivity index (χ3v) is 3.87. The van der Waals surface area contributed by atoms with Crippen LogP contribution in [0.15, 0.2) is 54.6 Å². The molecule has 6 nitrogen and oxygen atoms in total. The van der Waals surface area contributed by atoms with Crippen molar-refractivity contribution in [1.29, 1.82) is 0 Å². The maximum absolute atomic E-state index is 13.7. The fourth-order valence-corrected chi connectivity index (χ4v) is 2.53. The number of halogens is 4. The molecule has 1 saturated heterocycles. The molecule has 2 N–H and O–H groups in total. The summed E-state index contributed by atoms with van der Waals surface area (Å²) in [7, 11) is 0. The molecule has 1 fully saturated rings. The van der Waals surface area contributed by atoms with Crippen LogP contribution in [0.4, 0.5) is 28.0 Å². The first-order chi connectivity index (χ1) is 12.7. The predicted octanol–water partition coefficient (Wildman–Crippen LogP) is 2.57. The zero-order valence-electron chi connectivity index (χ0n) is 13.4. The van der Waals surface area contributed by atoms with Gasteiger partial charge in [-0.1, -0.05) is 18.2 Å². The molecule has 1 atom stereocenters. The number of rotatable bonds is 3. The Morgan fingerprint density at radius 2 is 1.59 bits per heavy atom.